The maximum absolute atomic E-state index is 6.12. The summed E-state index contributed by atoms with van der Waals surface area (Å²) in [7, 11) is 0. The van der Waals surface area contributed by atoms with Crippen molar-refractivity contribution in [3.05, 3.63) is 49.9 Å². The number of hydrogen-bond donors (Lipinski definition) is 1. The average Bonchev–Trinajstić information content (AvgIpc) is 2.56. The Kier molecular flexibility index (Phi) is 4.13. The third-order valence-corrected chi connectivity index (χ3v) is 3.75. The number of aromatic amines is 1. The molecular formula is C12H11BrCl2N2. The molecule has 0 saturated heterocycles. The highest BCUT2D eigenvalue weighted by Gasteiger charge is 2.07. The standard InChI is InChI=1S/C12H11BrCl2N2/c1-7-16-11(12(13)17-7)5-3-8-2-4-9(14)6-10(8)15/h2,4,6H,3,5H2,1H3,(H,16,17). The normalized spacial score (nSPS) is 10.8. The number of imidazole rings is 1. The van der Waals surface area contributed by atoms with Crippen LogP contribution in [0.2, 0.25) is 10.0 Å². The molecule has 0 atom stereocenters. The Labute approximate surface area is 118 Å². The van der Waals surface area contributed by atoms with Crippen LogP contribution in [-0.2, 0) is 12.8 Å². The molecule has 0 aliphatic carbocycles. The molecule has 5 heteroatoms. The van der Waals surface area contributed by atoms with Gasteiger partial charge in [-0.3, -0.25) is 0 Å². The number of hydrogen-bond acceptors (Lipinski definition) is 1. The zero-order valence-corrected chi connectivity index (χ0v) is 12.3. The molecule has 90 valence electrons. The summed E-state index contributed by atoms with van der Waals surface area (Å²) in [5, 5.41) is 1.38. The van der Waals surface area contributed by atoms with Crippen LogP contribution in [0.25, 0.3) is 0 Å². The molecule has 0 radical (unpaired) electrons. The Hall–Kier alpha value is -0.510. The number of benzene rings is 1. The molecule has 17 heavy (non-hydrogen) atoms. The highest BCUT2D eigenvalue weighted by molar-refractivity contribution is 9.10. The summed E-state index contributed by atoms with van der Waals surface area (Å²) >= 11 is 15.4. The topological polar surface area (TPSA) is 28.7 Å². The summed E-state index contributed by atoms with van der Waals surface area (Å²) in [5.74, 6) is 0.911. The molecule has 1 N–H and O–H groups in total. The lowest BCUT2D eigenvalue weighted by Gasteiger charge is -2.04. The van der Waals surface area contributed by atoms with Crippen LogP contribution in [0.4, 0.5) is 0 Å². The fourth-order valence-corrected chi connectivity index (χ4v) is 2.73. The molecule has 0 aliphatic heterocycles. The van der Waals surface area contributed by atoms with Gasteiger partial charge in [-0.15, -0.1) is 0 Å². The summed E-state index contributed by atoms with van der Waals surface area (Å²) in [6, 6.07) is 5.59. The smallest absolute Gasteiger partial charge is 0.127 e. The van der Waals surface area contributed by atoms with Gasteiger partial charge in [-0.1, -0.05) is 29.3 Å². The molecule has 1 aromatic carbocycles. The third kappa shape index (κ3) is 3.24. The van der Waals surface area contributed by atoms with E-state index >= 15 is 0 Å². The second-order valence-corrected chi connectivity index (χ2v) is 5.42. The van der Waals surface area contributed by atoms with E-state index in [-0.39, 0.29) is 0 Å². The first-order valence-electron chi connectivity index (χ1n) is 5.21. The number of H-pyrrole nitrogens is 1. The van der Waals surface area contributed by atoms with Gasteiger partial charge in [0.25, 0.3) is 0 Å². The van der Waals surface area contributed by atoms with E-state index < -0.39 is 0 Å². The van der Waals surface area contributed by atoms with E-state index in [0.29, 0.717) is 10.0 Å². The van der Waals surface area contributed by atoms with Crippen molar-refractivity contribution in [2.75, 3.05) is 0 Å². The molecule has 1 heterocycles. The van der Waals surface area contributed by atoms with Crippen molar-refractivity contribution in [2.24, 2.45) is 0 Å². The van der Waals surface area contributed by atoms with Crippen LogP contribution in [-0.4, -0.2) is 9.97 Å². The molecule has 0 bridgehead atoms. The summed E-state index contributed by atoms with van der Waals surface area (Å²) in [6.45, 7) is 1.93. The molecule has 0 spiro atoms. The van der Waals surface area contributed by atoms with Crippen molar-refractivity contribution >= 4 is 39.1 Å². The van der Waals surface area contributed by atoms with Crippen LogP contribution < -0.4 is 0 Å². The number of nitrogens with one attached hydrogen (secondary N) is 1. The number of halogens is 3. The molecule has 0 fully saturated rings. The molecule has 0 saturated carbocycles. The number of rotatable bonds is 3. The van der Waals surface area contributed by atoms with Crippen molar-refractivity contribution in [3.63, 3.8) is 0 Å². The summed E-state index contributed by atoms with van der Waals surface area (Å²) in [4.78, 5) is 7.49. The van der Waals surface area contributed by atoms with Crippen molar-refractivity contribution in [1.82, 2.24) is 9.97 Å². The summed E-state index contributed by atoms with van der Waals surface area (Å²) in [5.41, 5.74) is 2.18. The largest absolute Gasteiger partial charge is 0.345 e. The first-order valence-corrected chi connectivity index (χ1v) is 6.76. The van der Waals surface area contributed by atoms with Crippen LogP contribution in [0, 0.1) is 6.92 Å². The van der Waals surface area contributed by atoms with Gasteiger partial charge in [-0.05, 0) is 53.4 Å². The molecule has 1 aromatic heterocycles. The second kappa shape index (κ2) is 5.42. The van der Waals surface area contributed by atoms with E-state index in [1.807, 2.05) is 19.1 Å². The Balaban J connectivity index is 2.10. The maximum atomic E-state index is 6.12. The van der Waals surface area contributed by atoms with Gasteiger partial charge in [-0.2, -0.15) is 0 Å². The van der Waals surface area contributed by atoms with Crippen molar-refractivity contribution in [1.29, 1.82) is 0 Å². The van der Waals surface area contributed by atoms with E-state index in [0.717, 1.165) is 34.5 Å². The minimum Gasteiger partial charge on any atom is -0.345 e. The predicted octanol–water partition coefficient (Wildman–Crippen LogP) is 4.57. The van der Waals surface area contributed by atoms with Crippen LogP contribution in [0.3, 0.4) is 0 Å². The average molecular weight is 334 g/mol. The van der Waals surface area contributed by atoms with Crippen molar-refractivity contribution < 1.29 is 0 Å². The first kappa shape index (κ1) is 12.9. The highest BCUT2D eigenvalue weighted by Crippen LogP contribution is 2.23. The second-order valence-electron chi connectivity index (χ2n) is 3.83. The zero-order chi connectivity index (χ0) is 12.4. The first-order chi connectivity index (χ1) is 8.06. The Bertz CT molecular complexity index is 537. The number of nitrogens with zero attached hydrogens (tertiary/aromatic N) is 1. The lowest BCUT2D eigenvalue weighted by Crippen LogP contribution is -1.93. The molecule has 2 rings (SSSR count). The number of aryl methyl sites for hydroxylation is 3. The molecule has 2 nitrogen and oxygen atoms in total. The fourth-order valence-electron chi connectivity index (χ4n) is 1.66. The predicted molar refractivity (Wildman–Crippen MR) is 74.9 cm³/mol. The van der Waals surface area contributed by atoms with E-state index in [9.17, 15) is 0 Å². The Morgan fingerprint density at radius 1 is 1.29 bits per heavy atom. The zero-order valence-electron chi connectivity index (χ0n) is 9.23. The van der Waals surface area contributed by atoms with Crippen LogP contribution in [0.1, 0.15) is 17.1 Å². The van der Waals surface area contributed by atoms with E-state index in [2.05, 4.69) is 25.9 Å². The quantitative estimate of drug-likeness (QED) is 0.875. The summed E-state index contributed by atoms with van der Waals surface area (Å²) in [6.07, 6.45) is 1.72. The Morgan fingerprint density at radius 2 is 2.06 bits per heavy atom. The lowest BCUT2D eigenvalue weighted by atomic mass is 10.1. The van der Waals surface area contributed by atoms with Gasteiger partial charge < -0.3 is 4.98 Å². The minimum absolute atomic E-state index is 0.664. The van der Waals surface area contributed by atoms with E-state index in [1.54, 1.807) is 6.07 Å². The van der Waals surface area contributed by atoms with Gasteiger partial charge in [-0.25, -0.2) is 4.98 Å². The fraction of sp³-hybridized carbons (Fsp3) is 0.250. The van der Waals surface area contributed by atoms with Gasteiger partial charge >= 0.3 is 0 Å². The van der Waals surface area contributed by atoms with Crippen molar-refractivity contribution in [2.45, 2.75) is 19.8 Å². The van der Waals surface area contributed by atoms with Crippen LogP contribution >= 0.6 is 39.1 Å². The molecule has 0 aliphatic rings. The van der Waals surface area contributed by atoms with Crippen LogP contribution in [0.5, 0.6) is 0 Å². The summed E-state index contributed by atoms with van der Waals surface area (Å²) < 4.78 is 0.875. The molecule has 2 aromatic rings. The Morgan fingerprint density at radius 3 is 2.65 bits per heavy atom. The molecule has 0 unspecified atom stereocenters. The third-order valence-electron chi connectivity index (χ3n) is 2.51. The number of aromatic nitrogens is 2. The van der Waals surface area contributed by atoms with Gasteiger partial charge in [0.05, 0.1) is 0 Å². The van der Waals surface area contributed by atoms with E-state index in [4.69, 9.17) is 23.2 Å². The SMILES string of the molecule is Cc1nc(Br)c(CCc2ccc(Cl)cc2Cl)[nH]1. The molecule has 0 amide bonds. The monoisotopic (exact) mass is 332 g/mol. The maximum Gasteiger partial charge on any atom is 0.127 e. The lowest BCUT2D eigenvalue weighted by molar-refractivity contribution is 0.915. The van der Waals surface area contributed by atoms with Crippen LogP contribution in [0.15, 0.2) is 22.8 Å². The van der Waals surface area contributed by atoms with Gasteiger partial charge in [0.15, 0.2) is 0 Å². The molecular weight excluding hydrogens is 323 g/mol. The van der Waals surface area contributed by atoms with Gasteiger partial charge in [0, 0.05) is 15.7 Å². The van der Waals surface area contributed by atoms with E-state index in [1.165, 1.54) is 0 Å². The van der Waals surface area contributed by atoms with Gasteiger partial charge in [0.2, 0.25) is 0 Å². The van der Waals surface area contributed by atoms with Crippen molar-refractivity contribution in [3.8, 4) is 0 Å². The highest BCUT2D eigenvalue weighted by atomic mass is 79.9. The minimum atomic E-state index is 0.664. The van der Waals surface area contributed by atoms with Gasteiger partial charge in [0.1, 0.15) is 10.4 Å².